The minimum Gasteiger partial charge on any atom is -0.440 e. The molecule has 0 unspecified atom stereocenters. The Morgan fingerprint density at radius 1 is 1.28 bits per heavy atom. The van der Waals surface area contributed by atoms with Crippen LogP contribution in [0.2, 0.25) is 0 Å². The van der Waals surface area contributed by atoms with E-state index in [1.165, 1.54) is 0 Å². The zero-order chi connectivity index (χ0) is 26.1. The summed E-state index contributed by atoms with van der Waals surface area (Å²) in [4.78, 5) is 20.0. The van der Waals surface area contributed by atoms with Crippen LogP contribution in [0.1, 0.15) is 77.2 Å². The number of carbonyl (C=O) groups is 1. The van der Waals surface area contributed by atoms with E-state index in [2.05, 4.69) is 20.8 Å². The summed E-state index contributed by atoms with van der Waals surface area (Å²) >= 11 is 0. The molecule has 8 heteroatoms. The Hall–Kier alpha value is -2.00. The normalized spacial score (nSPS) is 26.9. The van der Waals surface area contributed by atoms with E-state index in [1.807, 2.05) is 23.1 Å². The number of nitrogens with zero attached hydrogens (tertiary/aromatic N) is 2. The lowest BCUT2D eigenvalue weighted by molar-refractivity contribution is -0.141. The zero-order valence-electron chi connectivity index (χ0n) is 22.2. The minimum absolute atomic E-state index is 0.0429. The van der Waals surface area contributed by atoms with Crippen molar-refractivity contribution >= 4 is 17.0 Å². The quantitative estimate of drug-likeness (QED) is 0.474. The average molecular weight is 502 g/mol. The number of benzene rings is 1. The van der Waals surface area contributed by atoms with Crippen LogP contribution < -0.4 is 5.73 Å². The molecule has 2 heterocycles. The zero-order valence-corrected chi connectivity index (χ0v) is 22.2. The number of aromatic nitrogens is 1. The molecule has 0 spiro atoms. The van der Waals surface area contributed by atoms with Crippen molar-refractivity contribution in [3.05, 3.63) is 29.7 Å². The Labute approximate surface area is 214 Å². The van der Waals surface area contributed by atoms with E-state index in [9.17, 15) is 15.0 Å². The number of oxazole rings is 1. The molecule has 200 valence electrons. The van der Waals surface area contributed by atoms with Gasteiger partial charge in [-0.15, -0.1) is 0 Å². The number of hydrogen-bond donors (Lipinski definition) is 3. The predicted molar refractivity (Wildman–Crippen MR) is 138 cm³/mol. The number of rotatable bonds is 8. The molecule has 4 N–H and O–H groups in total. The van der Waals surface area contributed by atoms with Crippen LogP contribution in [0.5, 0.6) is 0 Å². The van der Waals surface area contributed by atoms with E-state index in [4.69, 9.17) is 19.9 Å². The Balaban J connectivity index is 1.65. The van der Waals surface area contributed by atoms with Gasteiger partial charge in [-0.05, 0) is 51.0 Å². The van der Waals surface area contributed by atoms with Crippen LogP contribution in [0, 0.1) is 11.8 Å². The van der Waals surface area contributed by atoms with Gasteiger partial charge >= 0.3 is 0 Å². The van der Waals surface area contributed by atoms with Crippen molar-refractivity contribution < 1.29 is 24.2 Å². The summed E-state index contributed by atoms with van der Waals surface area (Å²) in [6.45, 7) is 7.95. The summed E-state index contributed by atoms with van der Waals surface area (Å²) < 4.78 is 11.5. The first-order valence-corrected chi connectivity index (χ1v) is 13.4. The lowest BCUT2D eigenvalue weighted by Crippen LogP contribution is -2.49. The molecule has 0 radical (unpaired) electrons. The molecule has 1 aromatic heterocycles. The second-order valence-corrected chi connectivity index (χ2v) is 11.8. The first kappa shape index (κ1) is 27.0. The lowest BCUT2D eigenvalue weighted by Gasteiger charge is -2.43. The number of methoxy groups -OCH3 is 1. The van der Waals surface area contributed by atoms with Crippen LogP contribution in [0.3, 0.4) is 0 Å². The van der Waals surface area contributed by atoms with Gasteiger partial charge in [0.05, 0.1) is 11.7 Å². The largest absolute Gasteiger partial charge is 0.440 e. The summed E-state index contributed by atoms with van der Waals surface area (Å²) in [5, 5.41) is 22.5. The Bertz CT molecular complexity index is 1040. The standard InChI is InChI=1S/C28H43N3O5/c1-27(2,3)26-30-22-11-7-10-20(24(22)36-26)28(34,12-5-6-14-35-4)19-9-8-13-31(17-19)25(33)18-15-21(29)23(32)16-18/h7,10-11,18-19,21,23,32,34H,5-6,8-9,12-17,29H2,1-4H3/t18-,19+,21+,23-,28-/m0/s1. The van der Waals surface area contributed by atoms with E-state index in [1.54, 1.807) is 7.11 Å². The maximum atomic E-state index is 13.4. The molecule has 4 rings (SSSR count). The van der Waals surface area contributed by atoms with Gasteiger partial charge in [0.2, 0.25) is 11.8 Å². The Morgan fingerprint density at radius 2 is 2.06 bits per heavy atom. The molecule has 5 atom stereocenters. The maximum Gasteiger partial charge on any atom is 0.225 e. The SMILES string of the molecule is COCCCC[C@@](O)(c1cccc2nc(C(C)(C)C)oc12)[C@@H]1CCCN(C(=O)[C@H]2C[C@@H](N)[C@@H](O)C2)C1. The topological polar surface area (TPSA) is 122 Å². The molecule has 8 nitrogen and oxygen atoms in total. The van der Waals surface area contributed by atoms with E-state index < -0.39 is 11.7 Å². The highest BCUT2D eigenvalue weighted by molar-refractivity contribution is 5.80. The molecule has 36 heavy (non-hydrogen) atoms. The third kappa shape index (κ3) is 5.47. The number of ether oxygens (including phenoxy) is 1. The summed E-state index contributed by atoms with van der Waals surface area (Å²) in [7, 11) is 1.69. The number of piperidine rings is 1. The smallest absolute Gasteiger partial charge is 0.225 e. The van der Waals surface area contributed by atoms with Gasteiger partial charge in [-0.3, -0.25) is 4.79 Å². The van der Waals surface area contributed by atoms with E-state index in [0.29, 0.717) is 50.4 Å². The number of unbranched alkanes of at least 4 members (excludes halogenated alkanes) is 1. The predicted octanol–water partition coefficient (Wildman–Crippen LogP) is 3.47. The average Bonchev–Trinajstić information content (AvgIpc) is 3.44. The molecular formula is C28H43N3O5. The third-order valence-corrected chi connectivity index (χ3v) is 8.01. The Morgan fingerprint density at radius 3 is 2.72 bits per heavy atom. The fraction of sp³-hybridized carbons (Fsp3) is 0.714. The second-order valence-electron chi connectivity index (χ2n) is 11.8. The van der Waals surface area contributed by atoms with Crippen molar-refractivity contribution in [3.63, 3.8) is 0 Å². The second kappa shape index (κ2) is 10.8. The number of carbonyl (C=O) groups excluding carboxylic acids is 1. The molecule has 2 aromatic rings. The van der Waals surface area contributed by atoms with Gasteiger partial charge in [-0.2, -0.15) is 0 Å². The van der Waals surface area contributed by atoms with E-state index >= 15 is 0 Å². The van der Waals surface area contributed by atoms with E-state index in [0.717, 1.165) is 36.8 Å². The van der Waals surface area contributed by atoms with Gasteiger partial charge in [0.25, 0.3) is 0 Å². The fourth-order valence-corrected chi connectivity index (χ4v) is 5.89. The number of para-hydroxylation sites is 1. The van der Waals surface area contributed by atoms with Gasteiger partial charge in [-0.1, -0.05) is 32.9 Å². The van der Waals surface area contributed by atoms with Gasteiger partial charge in [0, 0.05) is 55.7 Å². The van der Waals surface area contributed by atoms with Gasteiger partial charge < -0.3 is 30.0 Å². The van der Waals surface area contributed by atoms with Crippen LogP contribution in [0.4, 0.5) is 0 Å². The highest BCUT2D eigenvalue weighted by Crippen LogP contribution is 2.43. The van der Waals surface area contributed by atoms with Gasteiger partial charge in [-0.25, -0.2) is 4.98 Å². The van der Waals surface area contributed by atoms with Crippen molar-refractivity contribution in [2.24, 2.45) is 17.6 Å². The van der Waals surface area contributed by atoms with Crippen molar-refractivity contribution in [2.45, 2.75) is 88.9 Å². The number of fused-ring (bicyclic) bond motifs is 1. The van der Waals surface area contributed by atoms with Crippen LogP contribution in [-0.2, 0) is 20.5 Å². The molecule has 1 amide bonds. The molecule has 1 aliphatic heterocycles. The fourth-order valence-electron chi connectivity index (χ4n) is 5.89. The lowest BCUT2D eigenvalue weighted by atomic mass is 9.73. The van der Waals surface area contributed by atoms with Crippen LogP contribution in [-0.4, -0.2) is 65.0 Å². The summed E-state index contributed by atoms with van der Waals surface area (Å²) in [6.07, 6.45) is 4.09. The molecular weight excluding hydrogens is 458 g/mol. The summed E-state index contributed by atoms with van der Waals surface area (Å²) in [5.41, 5.74) is 6.67. The molecule has 0 bridgehead atoms. The third-order valence-electron chi connectivity index (χ3n) is 8.01. The number of aliphatic hydroxyl groups excluding tert-OH is 1. The number of aliphatic hydroxyl groups is 2. The number of hydrogen-bond acceptors (Lipinski definition) is 7. The van der Waals surface area contributed by atoms with Gasteiger partial charge in [0.1, 0.15) is 5.52 Å². The number of amides is 1. The first-order chi connectivity index (χ1) is 17.0. The molecule has 1 aromatic carbocycles. The van der Waals surface area contributed by atoms with Crippen molar-refractivity contribution in [1.82, 2.24) is 9.88 Å². The molecule has 1 saturated carbocycles. The number of nitrogens with two attached hydrogens (primary N) is 1. The molecule has 1 saturated heterocycles. The summed E-state index contributed by atoms with van der Waals surface area (Å²) in [6, 6.07) is 5.45. The highest BCUT2D eigenvalue weighted by atomic mass is 16.5. The first-order valence-electron chi connectivity index (χ1n) is 13.4. The monoisotopic (exact) mass is 501 g/mol. The summed E-state index contributed by atoms with van der Waals surface area (Å²) in [5.74, 6) is 0.284. The number of likely N-dealkylation sites (tertiary alicyclic amines) is 1. The molecule has 2 fully saturated rings. The minimum atomic E-state index is -1.17. The van der Waals surface area contributed by atoms with Crippen LogP contribution in [0.15, 0.2) is 22.6 Å². The van der Waals surface area contributed by atoms with Crippen molar-refractivity contribution in [3.8, 4) is 0 Å². The van der Waals surface area contributed by atoms with Crippen molar-refractivity contribution in [2.75, 3.05) is 26.8 Å². The molecule has 2 aliphatic rings. The van der Waals surface area contributed by atoms with Crippen molar-refractivity contribution in [1.29, 1.82) is 0 Å². The molecule has 1 aliphatic carbocycles. The van der Waals surface area contributed by atoms with Crippen LogP contribution >= 0.6 is 0 Å². The van der Waals surface area contributed by atoms with Crippen LogP contribution in [0.25, 0.3) is 11.1 Å². The van der Waals surface area contributed by atoms with Gasteiger partial charge in [0.15, 0.2) is 5.58 Å². The highest BCUT2D eigenvalue weighted by Gasteiger charge is 2.45. The maximum absolute atomic E-state index is 13.4. The van der Waals surface area contributed by atoms with E-state index in [-0.39, 0.29) is 29.2 Å². The Kier molecular flexibility index (Phi) is 8.10.